The molecule has 0 bridgehead atoms. The summed E-state index contributed by atoms with van der Waals surface area (Å²) in [6.45, 7) is 4.00. The molecule has 58 valence electrons. The van der Waals surface area contributed by atoms with Crippen LogP contribution in [0, 0.1) is 0 Å². The van der Waals surface area contributed by atoms with E-state index in [9.17, 15) is 0 Å². The van der Waals surface area contributed by atoms with Crippen LogP contribution in [-0.4, -0.2) is 10.1 Å². The Balaban J connectivity index is 0.000000281. The molecular weight excluding hydrogens is 140 g/mol. The van der Waals surface area contributed by atoms with Crippen LogP contribution in [0.3, 0.4) is 0 Å². The summed E-state index contributed by atoms with van der Waals surface area (Å²) in [5.41, 5.74) is 0.782. The molecule has 0 saturated carbocycles. The molecule has 0 amide bonds. The minimum Gasteiger partial charge on any atom is -0.356 e. The average Bonchev–Trinajstić information content (AvgIpc) is 2.55. The highest BCUT2D eigenvalue weighted by Gasteiger charge is 1.92. The molecule has 2 aromatic heterocycles. The van der Waals surface area contributed by atoms with Crippen LogP contribution in [0.1, 0.15) is 13.8 Å². The van der Waals surface area contributed by atoms with Gasteiger partial charge in [-0.2, -0.15) is 0 Å². The second-order valence-corrected chi connectivity index (χ2v) is 1.74. The third-order valence-electron chi connectivity index (χ3n) is 1.15. The van der Waals surface area contributed by atoms with Crippen LogP contribution in [0.2, 0.25) is 0 Å². The van der Waals surface area contributed by atoms with Crippen LogP contribution in [0.15, 0.2) is 29.2 Å². The molecule has 2 aromatic rings. The number of hydrogen-bond acceptors (Lipinski definition) is 3. The van der Waals surface area contributed by atoms with Gasteiger partial charge in [0.05, 0.1) is 11.6 Å². The fraction of sp³-hybridized carbons (Fsp3) is 0.250. The Hall–Kier alpha value is -1.38. The van der Waals surface area contributed by atoms with Crippen LogP contribution in [0.5, 0.6) is 0 Å². The van der Waals surface area contributed by atoms with Crippen molar-refractivity contribution in [2.75, 3.05) is 0 Å². The Morgan fingerprint density at radius 1 is 1.27 bits per heavy atom. The van der Waals surface area contributed by atoms with E-state index in [1.165, 1.54) is 0 Å². The Bertz CT molecular complexity index is 286. The predicted octanol–water partition coefficient (Wildman–Crippen LogP) is 2.25. The van der Waals surface area contributed by atoms with E-state index in [0.29, 0.717) is 0 Å². The molecule has 3 nitrogen and oxygen atoms in total. The standard InChI is InChI=1S/C6H4N2O.C2H6/c1-2-7-3-5-4-8-9-6(1)5;1-2/h1-4H;1-2H3. The van der Waals surface area contributed by atoms with Gasteiger partial charge in [0.1, 0.15) is 0 Å². The summed E-state index contributed by atoms with van der Waals surface area (Å²) in [4.78, 5) is 3.89. The molecule has 3 heteroatoms. The van der Waals surface area contributed by atoms with Crippen molar-refractivity contribution in [2.45, 2.75) is 13.8 Å². The third-order valence-corrected chi connectivity index (χ3v) is 1.15. The summed E-state index contributed by atoms with van der Waals surface area (Å²) in [6, 6.07) is 1.78. The van der Waals surface area contributed by atoms with Crippen LogP contribution < -0.4 is 0 Å². The highest BCUT2D eigenvalue weighted by molar-refractivity contribution is 5.73. The zero-order valence-electron chi connectivity index (χ0n) is 6.61. The maximum atomic E-state index is 4.83. The molecule has 11 heavy (non-hydrogen) atoms. The summed E-state index contributed by atoms with van der Waals surface area (Å²) < 4.78 is 4.83. The smallest absolute Gasteiger partial charge is 0.169 e. The van der Waals surface area contributed by atoms with Gasteiger partial charge in [-0.3, -0.25) is 4.98 Å². The van der Waals surface area contributed by atoms with Gasteiger partial charge in [-0.05, 0) is 0 Å². The van der Waals surface area contributed by atoms with Gasteiger partial charge in [0.2, 0.25) is 0 Å². The molecule has 2 rings (SSSR count). The number of hydrogen-bond donors (Lipinski definition) is 0. The van der Waals surface area contributed by atoms with E-state index in [4.69, 9.17) is 4.52 Å². The molecule has 0 aromatic carbocycles. The maximum Gasteiger partial charge on any atom is 0.169 e. The zero-order chi connectivity index (χ0) is 8.10. The average molecular weight is 150 g/mol. The van der Waals surface area contributed by atoms with E-state index in [1.54, 1.807) is 24.7 Å². The monoisotopic (exact) mass is 150 g/mol. The number of aromatic nitrogens is 2. The van der Waals surface area contributed by atoms with Crippen LogP contribution in [0.4, 0.5) is 0 Å². The van der Waals surface area contributed by atoms with E-state index in [-0.39, 0.29) is 0 Å². The summed E-state index contributed by atoms with van der Waals surface area (Å²) in [7, 11) is 0. The van der Waals surface area contributed by atoms with Gasteiger partial charge in [-0.25, -0.2) is 0 Å². The fourth-order valence-corrected chi connectivity index (χ4v) is 0.714. The number of rotatable bonds is 0. The van der Waals surface area contributed by atoms with Crippen LogP contribution >= 0.6 is 0 Å². The molecule has 0 aliphatic carbocycles. The maximum absolute atomic E-state index is 4.83. The van der Waals surface area contributed by atoms with Gasteiger partial charge < -0.3 is 4.52 Å². The Kier molecular flexibility index (Phi) is 2.60. The van der Waals surface area contributed by atoms with Gasteiger partial charge >= 0.3 is 0 Å². The second kappa shape index (κ2) is 3.71. The fourth-order valence-electron chi connectivity index (χ4n) is 0.714. The lowest BCUT2D eigenvalue weighted by molar-refractivity contribution is 0.456. The Morgan fingerprint density at radius 2 is 2.09 bits per heavy atom. The highest BCUT2D eigenvalue weighted by Crippen LogP contribution is 2.08. The number of fused-ring (bicyclic) bond motifs is 1. The lowest BCUT2D eigenvalue weighted by Gasteiger charge is -1.78. The summed E-state index contributed by atoms with van der Waals surface area (Å²) in [5.74, 6) is 0. The lowest BCUT2D eigenvalue weighted by Crippen LogP contribution is -1.65. The molecule has 0 radical (unpaired) electrons. The minimum atomic E-state index is 0.782. The van der Waals surface area contributed by atoms with E-state index < -0.39 is 0 Å². The van der Waals surface area contributed by atoms with Crippen molar-refractivity contribution in [3.05, 3.63) is 24.7 Å². The van der Waals surface area contributed by atoms with E-state index in [0.717, 1.165) is 11.0 Å². The molecule has 0 fully saturated rings. The van der Waals surface area contributed by atoms with Crippen LogP contribution in [-0.2, 0) is 0 Å². The highest BCUT2D eigenvalue weighted by atomic mass is 16.5. The van der Waals surface area contributed by atoms with Crippen molar-refractivity contribution in [2.24, 2.45) is 0 Å². The topological polar surface area (TPSA) is 38.9 Å². The van der Waals surface area contributed by atoms with E-state index >= 15 is 0 Å². The largest absolute Gasteiger partial charge is 0.356 e. The van der Waals surface area contributed by atoms with Gasteiger partial charge in [0.25, 0.3) is 0 Å². The zero-order valence-corrected chi connectivity index (χ0v) is 6.61. The first-order valence-corrected chi connectivity index (χ1v) is 3.61. The van der Waals surface area contributed by atoms with Crippen molar-refractivity contribution in [3.63, 3.8) is 0 Å². The quantitative estimate of drug-likeness (QED) is 0.578. The van der Waals surface area contributed by atoms with Gasteiger partial charge in [-0.15, -0.1) is 0 Å². The van der Waals surface area contributed by atoms with Crippen molar-refractivity contribution < 1.29 is 4.52 Å². The molecule has 2 heterocycles. The van der Waals surface area contributed by atoms with Crippen molar-refractivity contribution in [1.29, 1.82) is 0 Å². The van der Waals surface area contributed by atoms with Crippen molar-refractivity contribution in [1.82, 2.24) is 10.1 Å². The van der Waals surface area contributed by atoms with Crippen molar-refractivity contribution >= 4 is 11.0 Å². The van der Waals surface area contributed by atoms with Crippen molar-refractivity contribution in [3.8, 4) is 0 Å². The number of nitrogens with zero attached hydrogens (tertiary/aromatic N) is 2. The van der Waals surface area contributed by atoms with Gasteiger partial charge in [0.15, 0.2) is 5.58 Å². The third kappa shape index (κ3) is 1.55. The minimum absolute atomic E-state index is 0.782. The van der Waals surface area contributed by atoms with E-state index in [1.807, 2.05) is 13.8 Å². The molecule has 0 unspecified atom stereocenters. The van der Waals surface area contributed by atoms with Gasteiger partial charge in [-0.1, -0.05) is 19.0 Å². The molecule has 0 saturated heterocycles. The first-order chi connectivity index (χ1) is 5.47. The normalized spacial score (nSPS) is 8.91. The second-order valence-electron chi connectivity index (χ2n) is 1.74. The Labute approximate surface area is 65.0 Å². The molecule has 0 spiro atoms. The summed E-state index contributed by atoms with van der Waals surface area (Å²) >= 11 is 0. The first kappa shape index (κ1) is 7.72. The molecule has 0 atom stereocenters. The van der Waals surface area contributed by atoms with Crippen LogP contribution in [0.25, 0.3) is 11.0 Å². The SMILES string of the molecule is CC.c1cc2oncc2cn1. The molecular formula is C8H10N2O. The Morgan fingerprint density at radius 3 is 2.82 bits per heavy atom. The molecule has 0 aliphatic rings. The van der Waals surface area contributed by atoms with Gasteiger partial charge in [0, 0.05) is 18.5 Å². The molecule has 0 N–H and O–H groups in total. The number of pyridine rings is 1. The molecule has 0 aliphatic heterocycles. The summed E-state index contributed by atoms with van der Waals surface area (Å²) in [6.07, 6.45) is 5.03. The van der Waals surface area contributed by atoms with E-state index in [2.05, 4.69) is 10.1 Å². The lowest BCUT2D eigenvalue weighted by atomic mass is 10.4. The summed E-state index contributed by atoms with van der Waals surface area (Å²) in [5, 5.41) is 4.53. The predicted molar refractivity (Wildman–Crippen MR) is 43.2 cm³/mol. The first-order valence-electron chi connectivity index (χ1n) is 3.61.